The molecule has 2 aromatic heterocycles. The molecule has 2 aliphatic rings. The molecule has 0 aliphatic carbocycles. The van der Waals surface area contributed by atoms with Crippen molar-refractivity contribution in [2.45, 2.75) is 44.7 Å². The zero-order valence-corrected chi connectivity index (χ0v) is 11.9. The van der Waals surface area contributed by atoms with Crippen LogP contribution in [0.3, 0.4) is 0 Å². The fourth-order valence-corrected chi connectivity index (χ4v) is 3.78. The van der Waals surface area contributed by atoms with Gasteiger partial charge in [-0.2, -0.15) is 9.61 Å². The first-order valence-electron chi connectivity index (χ1n) is 7.63. The molecule has 2 aliphatic heterocycles. The van der Waals surface area contributed by atoms with Crippen LogP contribution in [0.25, 0.3) is 5.65 Å². The number of aryl methyl sites for hydroxylation is 1. The first-order chi connectivity index (χ1) is 9.83. The van der Waals surface area contributed by atoms with Gasteiger partial charge in [-0.1, -0.05) is 0 Å². The SMILES string of the molecule is Cc1cc(N2CCCC2C2CCCN2)n2ncnc2c1. The highest BCUT2D eigenvalue weighted by Crippen LogP contribution is 2.30. The average Bonchev–Trinajstić information content (AvgIpc) is 3.17. The number of rotatable bonds is 2. The van der Waals surface area contributed by atoms with Crippen LogP contribution in [0.1, 0.15) is 31.2 Å². The van der Waals surface area contributed by atoms with Crippen molar-refractivity contribution >= 4 is 11.5 Å². The van der Waals surface area contributed by atoms with Crippen LogP contribution in [0.15, 0.2) is 18.5 Å². The van der Waals surface area contributed by atoms with Gasteiger partial charge < -0.3 is 10.2 Å². The smallest absolute Gasteiger partial charge is 0.157 e. The maximum Gasteiger partial charge on any atom is 0.157 e. The quantitative estimate of drug-likeness (QED) is 0.904. The second-order valence-electron chi connectivity index (χ2n) is 6.03. The van der Waals surface area contributed by atoms with Gasteiger partial charge >= 0.3 is 0 Å². The molecule has 1 N–H and O–H groups in total. The summed E-state index contributed by atoms with van der Waals surface area (Å²) in [6, 6.07) is 5.58. The Morgan fingerprint density at radius 1 is 1.25 bits per heavy atom. The van der Waals surface area contributed by atoms with Crippen molar-refractivity contribution in [1.82, 2.24) is 19.9 Å². The average molecular weight is 271 g/mol. The topological polar surface area (TPSA) is 45.5 Å². The van der Waals surface area contributed by atoms with Gasteiger partial charge in [-0.15, -0.1) is 0 Å². The normalized spacial score (nSPS) is 26.8. The highest BCUT2D eigenvalue weighted by molar-refractivity contribution is 5.54. The maximum atomic E-state index is 4.41. The standard InChI is InChI=1S/C15H21N5/c1-11-8-14-17-10-18-20(14)15(9-11)19-7-3-5-13(19)12-4-2-6-16-12/h8-10,12-13,16H,2-7H2,1H3. The Balaban J connectivity index is 1.75. The summed E-state index contributed by atoms with van der Waals surface area (Å²) in [4.78, 5) is 6.88. The van der Waals surface area contributed by atoms with Crippen LogP contribution in [0.4, 0.5) is 5.82 Å². The van der Waals surface area contributed by atoms with E-state index in [1.807, 2.05) is 4.52 Å². The van der Waals surface area contributed by atoms with Crippen molar-refractivity contribution < 1.29 is 0 Å². The van der Waals surface area contributed by atoms with Crippen molar-refractivity contribution in [1.29, 1.82) is 0 Å². The lowest BCUT2D eigenvalue weighted by Gasteiger charge is -2.31. The molecule has 0 radical (unpaired) electrons. The molecule has 20 heavy (non-hydrogen) atoms. The summed E-state index contributed by atoms with van der Waals surface area (Å²) in [6.45, 7) is 4.43. The van der Waals surface area contributed by atoms with E-state index in [2.05, 4.69) is 39.4 Å². The fraction of sp³-hybridized carbons (Fsp3) is 0.600. The minimum absolute atomic E-state index is 0.603. The third-order valence-electron chi connectivity index (χ3n) is 4.66. The van der Waals surface area contributed by atoms with Crippen LogP contribution in [-0.4, -0.2) is 39.8 Å². The Morgan fingerprint density at radius 3 is 3.05 bits per heavy atom. The molecule has 106 valence electrons. The number of hydrogen-bond donors (Lipinski definition) is 1. The predicted molar refractivity (Wildman–Crippen MR) is 79.1 cm³/mol. The number of anilines is 1. The van der Waals surface area contributed by atoms with Crippen LogP contribution < -0.4 is 10.2 Å². The summed E-state index contributed by atoms with van der Waals surface area (Å²) in [5.74, 6) is 1.20. The highest BCUT2D eigenvalue weighted by Gasteiger charge is 2.34. The minimum Gasteiger partial charge on any atom is -0.352 e. The Hall–Kier alpha value is -1.62. The lowest BCUT2D eigenvalue weighted by molar-refractivity contribution is 0.479. The molecule has 2 aromatic rings. The van der Waals surface area contributed by atoms with E-state index in [1.165, 1.54) is 43.6 Å². The number of aromatic nitrogens is 3. The molecule has 2 atom stereocenters. The molecule has 0 aromatic carbocycles. The van der Waals surface area contributed by atoms with Gasteiger partial charge in [0.2, 0.25) is 0 Å². The van der Waals surface area contributed by atoms with E-state index < -0.39 is 0 Å². The largest absolute Gasteiger partial charge is 0.352 e. The van der Waals surface area contributed by atoms with Crippen molar-refractivity contribution in [3.05, 3.63) is 24.0 Å². The van der Waals surface area contributed by atoms with Crippen LogP contribution >= 0.6 is 0 Å². The van der Waals surface area contributed by atoms with Gasteiger partial charge in [0.25, 0.3) is 0 Å². The highest BCUT2D eigenvalue weighted by atomic mass is 15.4. The number of nitrogens with one attached hydrogen (secondary N) is 1. The molecule has 4 rings (SSSR count). The maximum absolute atomic E-state index is 4.41. The first-order valence-corrected chi connectivity index (χ1v) is 7.63. The monoisotopic (exact) mass is 271 g/mol. The van der Waals surface area contributed by atoms with Crippen LogP contribution in [-0.2, 0) is 0 Å². The summed E-state index contributed by atoms with van der Waals surface area (Å²) < 4.78 is 1.99. The molecule has 2 fully saturated rings. The Morgan fingerprint density at radius 2 is 2.20 bits per heavy atom. The molecular weight excluding hydrogens is 250 g/mol. The zero-order valence-electron chi connectivity index (χ0n) is 11.9. The van der Waals surface area contributed by atoms with Gasteiger partial charge in [0, 0.05) is 18.6 Å². The number of fused-ring (bicyclic) bond motifs is 1. The third kappa shape index (κ3) is 1.88. The van der Waals surface area contributed by atoms with Crippen molar-refractivity contribution in [2.75, 3.05) is 18.0 Å². The lowest BCUT2D eigenvalue weighted by atomic mass is 10.0. The van der Waals surface area contributed by atoms with Gasteiger partial charge in [-0.25, -0.2) is 4.98 Å². The van der Waals surface area contributed by atoms with E-state index in [0.29, 0.717) is 12.1 Å². The number of pyridine rings is 1. The van der Waals surface area contributed by atoms with Gasteiger partial charge in [0.05, 0.1) is 0 Å². The van der Waals surface area contributed by atoms with Crippen molar-refractivity contribution in [3.8, 4) is 0 Å². The summed E-state index contributed by atoms with van der Waals surface area (Å²) in [6.07, 6.45) is 6.81. The Bertz CT molecular complexity index is 614. The predicted octanol–water partition coefficient (Wildman–Crippen LogP) is 1.76. The van der Waals surface area contributed by atoms with Gasteiger partial charge in [0.15, 0.2) is 5.65 Å². The number of hydrogen-bond acceptors (Lipinski definition) is 4. The van der Waals surface area contributed by atoms with E-state index >= 15 is 0 Å². The van der Waals surface area contributed by atoms with Gasteiger partial charge in [-0.3, -0.25) is 0 Å². The summed E-state index contributed by atoms with van der Waals surface area (Å²) in [5.41, 5.74) is 2.20. The molecule has 0 amide bonds. The molecule has 0 spiro atoms. The third-order valence-corrected chi connectivity index (χ3v) is 4.66. The van der Waals surface area contributed by atoms with E-state index in [1.54, 1.807) is 6.33 Å². The molecule has 2 saturated heterocycles. The Labute approximate surface area is 119 Å². The van der Waals surface area contributed by atoms with E-state index in [-0.39, 0.29) is 0 Å². The van der Waals surface area contributed by atoms with Crippen molar-refractivity contribution in [3.63, 3.8) is 0 Å². The van der Waals surface area contributed by atoms with Crippen molar-refractivity contribution in [2.24, 2.45) is 0 Å². The molecule has 5 nitrogen and oxygen atoms in total. The van der Waals surface area contributed by atoms with Crippen LogP contribution in [0.2, 0.25) is 0 Å². The summed E-state index contributed by atoms with van der Waals surface area (Å²) >= 11 is 0. The molecule has 5 heteroatoms. The number of nitrogens with zero attached hydrogens (tertiary/aromatic N) is 4. The fourth-order valence-electron chi connectivity index (χ4n) is 3.78. The summed E-state index contributed by atoms with van der Waals surface area (Å²) in [7, 11) is 0. The second kappa shape index (κ2) is 4.74. The van der Waals surface area contributed by atoms with E-state index in [0.717, 1.165) is 12.2 Å². The molecule has 0 bridgehead atoms. The molecule has 2 unspecified atom stereocenters. The van der Waals surface area contributed by atoms with Gasteiger partial charge in [-0.05, 0) is 56.8 Å². The van der Waals surface area contributed by atoms with E-state index in [9.17, 15) is 0 Å². The first kappa shape index (κ1) is 12.1. The van der Waals surface area contributed by atoms with E-state index in [4.69, 9.17) is 0 Å². The minimum atomic E-state index is 0.603. The van der Waals surface area contributed by atoms with Crippen LogP contribution in [0, 0.1) is 6.92 Å². The lowest BCUT2D eigenvalue weighted by Crippen LogP contribution is -2.44. The second-order valence-corrected chi connectivity index (χ2v) is 6.03. The van der Waals surface area contributed by atoms with Crippen LogP contribution in [0.5, 0.6) is 0 Å². The zero-order chi connectivity index (χ0) is 13.5. The summed E-state index contributed by atoms with van der Waals surface area (Å²) in [5, 5.41) is 8.08. The van der Waals surface area contributed by atoms with Gasteiger partial charge in [0.1, 0.15) is 12.1 Å². The molecule has 0 saturated carbocycles. The Kier molecular flexibility index (Phi) is 2.88. The molecule has 4 heterocycles. The molecular formula is C15H21N5.